The van der Waals surface area contributed by atoms with Crippen molar-refractivity contribution in [3.63, 3.8) is 0 Å². The zero-order valence-corrected chi connectivity index (χ0v) is 11.4. The molecule has 1 heterocycles. The van der Waals surface area contributed by atoms with Crippen molar-refractivity contribution in [1.82, 2.24) is 9.78 Å². The molecule has 102 valence electrons. The number of aliphatic hydroxyl groups is 1. The van der Waals surface area contributed by atoms with Crippen molar-refractivity contribution < 1.29 is 9.84 Å². The van der Waals surface area contributed by atoms with E-state index in [2.05, 4.69) is 10.4 Å². The lowest BCUT2D eigenvalue weighted by Gasteiger charge is -2.14. The van der Waals surface area contributed by atoms with Gasteiger partial charge in [-0.25, -0.2) is 4.68 Å². The van der Waals surface area contributed by atoms with Gasteiger partial charge in [0.15, 0.2) is 0 Å². The fourth-order valence-corrected chi connectivity index (χ4v) is 1.62. The first-order chi connectivity index (χ1) is 8.47. The van der Waals surface area contributed by atoms with Gasteiger partial charge >= 0.3 is 0 Å². The van der Waals surface area contributed by atoms with Crippen molar-refractivity contribution >= 4 is 17.3 Å². The summed E-state index contributed by atoms with van der Waals surface area (Å²) in [5.74, 6) is 0. The first-order valence-corrected chi connectivity index (χ1v) is 6.03. The predicted octanol–water partition coefficient (Wildman–Crippen LogP) is 0.897. The van der Waals surface area contributed by atoms with E-state index in [9.17, 15) is 9.90 Å². The Labute approximate surface area is 111 Å². The fraction of sp³-hybridized carbons (Fsp3) is 0.636. The number of anilines is 1. The molecule has 1 rings (SSSR count). The maximum absolute atomic E-state index is 11.8. The Hall–Kier alpha value is -1.11. The van der Waals surface area contributed by atoms with Gasteiger partial charge in [-0.1, -0.05) is 11.6 Å². The number of ether oxygens (including phenoxy) is 1. The number of hydrogen-bond acceptors (Lipinski definition) is 5. The van der Waals surface area contributed by atoms with Crippen LogP contribution in [0.3, 0.4) is 0 Å². The summed E-state index contributed by atoms with van der Waals surface area (Å²) >= 11 is 5.95. The quantitative estimate of drug-likeness (QED) is 0.807. The van der Waals surface area contributed by atoms with E-state index in [0.29, 0.717) is 5.69 Å². The molecule has 0 radical (unpaired) electrons. The number of methoxy groups -OCH3 is 1. The van der Waals surface area contributed by atoms with E-state index in [1.165, 1.54) is 18.0 Å². The third-order valence-electron chi connectivity index (χ3n) is 2.32. The summed E-state index contributed by atoms with van der Waals surface area (Å²) in [6, 6.07) is -0.0527. The van der Waals surface area contributed by atoms with Crippen LogP contribution in [0, 0.1) is 0 Å². The van der Waals surface area contributed by atoms with Gasteiger partial charge < -0.3 is 15.2 Å². The maximum atomic E-state index is 11.8. The van der Waals surface area contributed by atoms with Crippen LogP contribution in [0.25, 0.3) is 0 Å². The van der Waals surface area contributed by atoms with Gasteiger partial charge in [0.2, 0.25) is 0 Å². The van der Waals surface area contributed by atoms with E-state index in [4.69, 9.17) is 16.3 Å². The molecule has 7 heteroatoms. The van der Waals surface area contributed by atoms with Crippen LogP contribution in [0.15, 0.2) is 11.0 Å². The normalized spacial score (nSPS) is 12.8. The largest absolute Gasteiger partial charge is 0.389 e. The predicted molar refractivity (Wildman–Crippen MR) is 70.3 cm³/mol. The molecule has 0 saturated heterocycles. The van der Waals surface area contributed by atoms with Crippen LogP contribution >= 0.6 is 11.6 Å². The van der Waals surface area contributed by atoms with Gasteiger partial charge in [0.25, 0.3) is 5.56 Å². The number of halogens is 1. The van der Waals surface area contributed by atoms with Crippen molar-refractivity contribution in [2.24, 2.45) is 0 Å². The van der Waals surface area contributed by atoms with Gasteiger partial charge in [0.05, 0.1) is 30.6 Å². The monoisotopic (exact) mass is 275 g/mol. The van der Waals surface area contributed by atoms with Crippen molar-refractivity contribution in [3.8, 4) is 0 Å². The Morgan fingerprint density at radius 2 is 2.28 bits per heavy atom. The highest BCUT2D eigenvalue weighted by Gasteiger charge is 2.12. The lowest BCUT2D eigenvalue weighted by Crippen LogP contribution is -2.28. The molecule has 0 fully saturated rings. The van der Waals surface area contributed by atoms with E-state index < -0.39 is 6.10 Å². The van der Waals surface area contributed by atoms with Crippen LogP contribution in [0.4, 0.5) is 5.69 Å². The zero-order chi connectivity index (χ0) is 13.7. The van der Waals surface area contributed by atoms with Crippen LogP contribution in [-0.4, -0.2) is 41.3 Å². The van der Waals surface area contributed by atoms with Gasteiger partial charge in [-0.15, -0.1) is 0 Å². The van der Waals surface area contributed by atoms with Crippen molar-refractivity contribution in [2.45, 2.75) is 26.0 Å². The average Bonchev–Trinajstić information content (AvgIpc) is 2.31. The van der Waals surface area contributed by atoms with E-state index >= 15 is 0 Å². The zero-order valence-electron chi connectivity index (χ0n) is 10.7. The molecular weight excluding hydrogens is 258 g/mol. The number of aliphatic hydroxyl groups excluding tert-OH is 1. The van der Waals surface area contributed by atoms with Crippen LogP contribution in [0.2, 0.25) is 5.02 Å². The van der Waals surface area contributed by atoms with Crippen molar-refractivity contribution in [1.29, 1.82) is 0 Å². The lowest BCUT2D eigenvalue weighted by molar-refractivity contribution is 0.0727. The second-order valence-electron chi connectivity index (χ2n) is 4.21. The third kappa shape index (κ3) is 3.69. The molecule has 0 aliphatic heterocycles. The molecule has 0 saturated carbocycles. The summed E-state index contributed by atoms with van der Waals surface area (Å²) in [6.45, 7) is 4.14. The first-order valence-electron chi connectivity index (χ1n) is 5.65. The molecule has 18 heavy (non-hydrogen) atoms. The summed E-state index contributed by atoms with van der Waals surface area (Å²) in [5.41, 5.74) is 0.0617. The molecule has 0 aliphatic carbocycles. The van der Waals surface area contributed by atoms with Gasteiger partial charge in [0.1, 0.15) is 5.02 Å². The molecule has 0 spiro atoms. The van der Waals surface area contributed by atoms with Gasteiger partial charge in [-0.3, -0.25) is 4.79 Å². The number of aromatic nitrogens is 2. The average molecular weight is 276 g/mol. The van der Waals surface area contributed by atoms with Crippen LogP contribution in [0.5, 0.6) is 0 Å². The van der Waals surface area contributed by atoms with E-state index in [0.717, 1.165) is 0 Å². The van der Waals surface area contributed by atoms with Gasteiger partial charge in [0, 0.05) is 13.7 Å². The Balaban J connectivity index is 2.80. The molecule has 1 aromatic heterocycles. The topological polar surface area (TPSA) is 76.4 Å². The highest BCUT2D eigenvalue weighted by molar-refractivity contribution is 6.32. The van der Waals surface area contributed by atoms with E-state index in [1.807, 2.05) is 13.8 Å². The minimum Gasteiger partial charge on any atom is -0.389 e. The minimum atomic E-state index is -0.668. The van der Waals surface area contributed by atoms with Crippen LogP contribution in [0.1, 0.15) is 19.9 Å². The second-order valence-corrected chi connectivity index (χ2v) is 4.58. The van der Waals surface area contributed by atoms with E-state index in [1.54, 1.807) is 0 Å². The molecule has 1 unspecified atom stereocenters. The molecule has 0 aliphatic rings. The highest BCUT2D eigenvalue weighted by atomic mass is 35.5. The third-order valence-corrected chi connectivity index (χ3v) is 2.69. The Kier molecular flexibility index (Phi) is 5.58. The summed E-state index contributed by atoms with van der Waals surface area (Å²) < 4.78 is 6.10. The molecule has 2 N–H and O–H groups in total. The number of nitrogens with zero attached hydrogens (tertiary/aromatic N) is 2. The molecule has 0 bridgehead atoms. The fourth-order valence-electron chi connectivity index (χ4n) is 1.41. The summed E-state index contributed by atoms with van der Waals surface area (Å²) in [6.07, 6.45) is 0.807. The van der Waals surface area contributed by atoms with Crippen LogP contribution < -0.4 is 10.9 Å². The summed E-state index contributed by atoms with van der Waals surface area (Å²) in [5, 5.41) is 16.4. The molecule has 1 atom stereocenters. The molecule has 6 nitrogen and oxygen atoms in total. The molecule has 0 amide bonds. The second kappa shape index (κ2) is 6.72. The minimum absolute atomic E-state index is 0.0527. The summed E-state index contributed by atoms with van der Waals surface area (Å²) in [7, 11) is 1.50. The van der Waals surface area contributed by atoms with Crippen molar-refractivity contribution in [3.05, 3.63) is 21.6 Å². The Bertz CT molecular complexity index is 448. The van der Waals surface area contributed by atoms with Gasteiger partial charge in [-0.05, 0) is 13.8 Å². The smallest absolute Gasteiger partial charge is 0.287 e. The maximum Gasteiger partial charge on any atom is 0.287 e. The number of hydrogen-bond donors (Lipinski definition) is 2. The Morgan fingerprint density at radius 3 is 2.83 bits per heavy atom. The molecular formula is C11H18ClN3O3. The lowest BCUT2D eigenvalue weighted by atomic mass is 10.3. The molecule has 0 aromatic carbocycles. The number of nitrogens with one attached hydrogen (secondary N) is 1. The number of rotatable bonds is 6. The Morgan fingerprint density at radius 1 is 1.61 bits per heavy atom. The highest BCUT2D eigenvalue weighted by Crippen LogP contribution is 2.16. The van der Waals surface area contributed by atoms with Crippen LogP contribution in [-0.2, 0) is 4.74 Å². The first kappa shape index (κ1) is 14.9. The van der Waals surface area contributed by atoms with E-state index in [-0.39, 0.29) is 29.8 Å². The van der Waals surface area contributed by atoms with Gasteiger partial charge in [-0.2, -0.15) is 5.10 Å². The standard InChI is InChI=1S/C11H18ClN3O3/c1-7(2)15-11(17)10(12)9(5-14-15)13-4-8(16)6-18-3/h5,7-8,13,16H,4,6H2,1-3H3. The molecule has 1 aromatic rings. The van der Waals surface area contributed by atoms with Crippen molar-refractivity contribution in [2.75, 3.05) is 25.6 Å². The SMILES string of the molecule is COCC(O)CNc1cnn(C(C)C)c(=O)c1Cl. The summed E-state index contributed by atoms with van der Waals surface area (Å²) in [4.78, 5) is 11.8.